The molecule has 0 atom stereocenters. The van der Waals surface area contributed by atoms with E-state index in [0.29, 0.717) is 47.3 Å². The zero-order valence-corrected chi connectivity index (χ0v) is 34.6. The quantitative estimate of drug-likeness (QED) is 0.0368. The van der Waals surface area contributed by atoms with Crippen LogP contribution < -0.4 is 29.0 Å². The summed E-state index contributed by atoms with van der Waals surface area (Å²) in [5.41, 5.74) is 1.59. The van der Waals surface area contributed by atoms with Gasteiger partial charge in [0.1, 0.15) is 28.7 Å². The Balaban J connectivity index is 1.03. The highest BCUT2D eigenvalue weighted by Crippen LogP contribution is 2.23. The molecule has 0 aliphatic rings. The fourth-order valence-corrected chi connectivity index (χ4v) is 6.19. The van der Waals surface area contributed by atoms with Gasteiger partial charge in [0.15, 0.2) is 0 Å². The Morgan fingerprint density at radius 2 is 0.767 bits per heavy atom. The van der Waals surface area contributed by atoms with Gasteiger partial charge in [0, 0.05) is 17.3 Å². The molecule has 0 aliphatic carbocycles. The first-order valence-electron chi connectivity index (χ1n) is 21.0. The normalized spacial score (nSPS) is 10.7. The lowest BCUT2D eigenvalue weighted by atomic mass is 10.1. The molecule has 0 heterocycles. The minimum Gasteiger partial charge on any atom is -0.494 e. The van der Waals surface area contributed by atoms with Gasteiger partial charge in [0.05, 0.1) is 29.9 Å². The van der Waals surface area contributed by atoms with Crippen LogP contribution in [0.3, 0.4) is 0 Å². The number of unbranched alkanes of at least 4 members (excludes halogenated alkanes) is 10. The maximum absolute atomic E-state index is 13.0. The number of ether oxygens (including phenoxy) is 5. The van der Waals surface area contributed by atoms with E-state index in [4.69, 9.17) is 23.7 Å². The Morgan fingerprint density at radius 3 is 1.25 bits per heavy atom. The van der Waals surface area contributed by atoms with Crippen LogP contribution in [0.5, 0.6) is 28.7 Å². The van der Waals surface area contributed by atoms with E-state index in [2.05, 4.69) is 19.2 Å². The maximum Gasteiger partial charge on any atom is 0.343 e. The molecule has 1 N–H and O–H groups in total. The Bertz CT molecular complexity index is 2090. The number of anilines is 1. The number of esters is 3. The fraction of sp³-hybridized carbons (Fsp3) is 0.320. The minimum absolute atomic E-state index is 0.209. The molecule has 0 aliphatic heterocycles. The summed E-state index contributed by atoms with van der Waals surface area (Å²) >= 11 is 0. The van der Waals surface area contributed by atoms with Crippen LogP contribution in [0.2, 0.25) is 0 Å². The molecular formula is C50H55NO9. The Morgan fingerprint density at radius 1 is 0.400 bits per heavy atom. The molecule has 1 amide bonds. The molecule has 5 aromatic carbocycles. The van der Waals surface area contributed by atoms with Crippen LogP contribution in [0.15, 0.2) is 121 Å². The number of carbonyl (C=O) groups excluding carboxylic acids is 4. The third kappa shape index (κ3) is 15.1. The molecule has 0 aromatic heterocycles. The van der Waals surface area contributed by atoms with Gasteiger partial charge in [0.25, 0.3) is 5.91 Å². The van der Waals surface area contributed by atoms with Crippen LogP contribution in [-0.4, -0.2) is 37.0 Å². The smallest absolute Gasteiger partial charge is 0.343 e. The standard InChI is InChI=1S/C50H55NO9/c1-3-5-7-9-11-13-34-56-42-26-24-40(25-27-42)49(54)58-44-28-22-37(23-29-44)47(52)51-41-16-15-17-46(36-41)60-50(55)39-20-18-38(19-21-39)48(53)59-45-32-30-43(31-33-45)57-35-14-12-10-8-6-4-2/h15-33,36H,3-14,34-35H2,1-2H3,(H,51,52). The van der Waals surface area contributed by atoms with Crippen LogP contribution in [0.1, 0.15) is 132 Å². The molecule has 5 rings (SSSR count). The van der Waals surface area contributed by atoms with Crippen molar-refractivity contribution in [2.75, 3.05) is 18.5 Å². The lowest BCUT2D eigenvalue weighted by Gasteiger charge is -2.10. The van der Waals surface area contributed by atoms with Crippen molar-refractivity contribution in [3.63, 3.8) is 0 Å². The summed E-state index contributed by atoms with van der Waals surface area (Å²) in [7, 11) is 0. The van der Waals surface area contributed by atoms with Crippen LogP contribution in [0, 0.1) is 0 Å². The first-order valence-corrected chi connectivity index (χ1v) is 21.0. The highest BCUT2D eigenvalue weighted by Gasteiger charge is 2.15. The van der Waals surface area contributed by atoms with Crippen LogP contribution in [0.4, 0.5) is 5.69 Å². The van der Waals surface area contributed by atoms with E-state index in [9.17, 15) is 19.2 Å². The summed E-state index contributed by atoms with van der Waals surface area (Å²) in [6.07, 6.45) is 14.2. The van der Waals surface area contributed by atoms with Crippen molar-refractivity contribution in [3.05, 3.63) is 144 Å². The summed E-state index contributed by atoms with van der Waals surface area (Å²) in [5.74, 6) is 0.134. The van der Waals surface area contributed by atoms with Crippen LogP contribution >= 0.6 is 0 Å². The molecular weight excluding hydrogens is 759 g/mol. The second kappa shape index (κ2) is 24.5. The fourth-order valence-electron chi connectivity index (χ4n) is 6.19. The molecule has 0 spiro atoms. The minimum atomic E-state index is -0.646. The van der Waals surface area contributed by atoms with Gasteiger partial charge in [0.2, 0.25) is 0 Å². The average Bonchev–Trinajstić information content (AvgIpc) is 3.27. The predicted octanol–water partition coefficient (Wildman–Crippen LogP) is 12.1. The number of carbonyl (C=O) groups is 4. The van der Waals surface area contributed by atoms with Gasteiger partial charge in [-0.3, -0.25) is 4.79 Å². The van der Waals surface area contributed by atoms with Gasteiger partial charge in [-0.15, -0.1) is 0 Å². The van der Waals surface area contributed by atoms with E-state index in [-0.39, 0.29) is 22.6 Å². The SMILES string of the molecule is CCCCCCCCOc1ccc(OC(=O)c2ccc(C(=O)Oc3cccc(NC(=O)c4ccc(OC(=O)c5ccc(OCCCCCCCC)cc5)cc4)c3)cc2)cc1. The molecule has 0 unspecified atom stereocenters. The molecule has 10 nitrogen and oxygen atoms in total. The Hall–Kier alpha value is -6.42. The molecule has 0 radical (unpaired) electrons. The van der Waals surface area contributed by atoms with Crippen molar-refractivity contribution in [2.24, 2.45) is 0 Å². The summed E-state index contributed by atoms with van der Waals surface area (Å²) < 4.78 is 28.2. The summed E-state index contributed by atoms with van der Waals surface area (Å²) in [6, 6.07) is 32.3. The lowest BCUT2D eigenvalue weighted by Crippen LogP contribution is -2.13. The number of hydrogen-bond acceptors (Lipinski definition) is 9. The van der Waals surface area contributed by atoms with E-state index in [0.717, 1.165) is 25.7 Å². The van der Waals surface area contributed by atoms with Crippen LogP contribution in [-0.2, 0) is 0 Å². The summed E-state index contributed by atoms with van der Waals surface area (Å²) in [4.78, 5) is 51.5. The summed E-state index contributed by atoms with van der Waals surface area (Å²) in [6.45, 7) is 5.69. The zero-order valence-electron chi connectivity index (χ0n) is 34.6. The monoisotopic (exact) mass is 813 g/mol. The highest BCUT2D eigenvalue weighted by atomic mass is 16.5. The Kier molecular flexibility index (Phi) is 18.2. The van der Waals surface area contributed by atoms with E-state index < -0.39 is 23.8 Å². The predicted molar refractivity (Wildman–Crippen MR) is 233 cm³/mol. The third-order valence-electron chi connectivity index (χ3n) is 9.64. The van der Waals surface area contributed by atoms with Crippen molar-refractivity contribution in [2.45, 2.75) is 90.9 Å². The highest BCUT2D eigenvalue weighted by molar-refractivity contribution is 6.04. The van der Waals surface area contributed by atoms with E-state index in [1.165, 1.54) is 81.7 Å². The van der Waals surface area contributed by atoms with Gasteiger partial charge in [-0.1, -0.05) is 84.1 Å². The summed E-state index contributed by atoms with van der Waals surface area (Å²) in [5, 5.41) is 2.79. The number of amides is 1. The largest absolute Gasteiger partial charge is 0.494 e. The topological polar surface area (TPSA) is 126 Å². The van der Waals surface area contributed by atoms with Gasteiger partial charge < -0.3 is 29.0 Å². The lowest BCUT2D eigenvalue weighted by molar-refractivity contribution is 0.0720. The molecule has 60 heavy (non-hydrogen) atoms. The van der Waals surface area contributed by atoms with E-state index in [1.807, 2.05) is 0 Å². The second-order valence-corrected chi connectivity index (χ2v) is 14.5. The number of rotatable bonds is 24. The van der Waals surface area contributed by atoms with Crippen LogP contribution in [0.25, 0.3) is 0 Å². The molecule has 0 saturated carbocycles. The molecule has 314 valence electrons. The third-order valence-corrected chi connectivity index (χ3v) is 9.64. The average molecular weight is 814 g/mol. The number of hydrogen-bond donors (Lipinski definition) is 1. The molecule has 10 heteroatoms. The molecule has 0 fully saturated rings. The first kappa shape index (κ1) is 44.7. The molecule has 5 aromatic rings. The maximum atomic E-state index is 13.0. The van der Waals surface area contributed by atoms with E-state index >= 15 is 0 Å². The van der Waals surface area contributed by atoms with Gasteiger partial charge in [-0.2, -0.15) is 0 Å². The zero-order chi connectivity index (χ0) is 42.4. The van der Waals surface area contributed by atoms with Crippen molar-refractivity contribution in [1.29, 1.82) is 0 Å². The first-order chi connectivity index (χ1) is 29.3. The molecule has 0 bridgehead atoms. The van der Waals surface area contributed by atoms with Crippen molar-refractivity contribution in [1.82, 2.24) is 0 Å². The molecule has 0 saturated heterocycles. The van der Waals surface area contributed by atoms with Crippen molar-refractivity contribution < 1.29 is 42.9 Å². The number of benzene rings is 5. The van der Waals surface area contributed by atoms with Gasteiger partial charge in [-0.05, 0) is 122 Å². The number of nitrogens with one attached hydrogen (secondary N) is 1. The van der Waals surface area contributed by atoms with Crippen molar-refractivity contribution >= 4 is 29.5 Å². The van der Waals surface area contributed by atoms with Gasteiger partial charge in [-0.25, -0.2) is 14.4 Å². The second-order valence-electron chi connectivity index (χ2n) is 14.5. The Labute approximate surface area is 353 Å². The van der Waals surface area contributed by atoms with Crippen molar-refractivity contribution in [3.8, 4) is 28.7 Å². The van der Waals surface area contributed by atoms with E-state index in [1.54, 1.807) is 91.0 Å². The van der Waals surface area contributed by atoms with Gasteiger partial charge >= 0.3 is 17.9 Å².